The van der Waals surface area contributed by atoms with E-state index in [-0.39, 0.29) is 40.0 Å². The number of aryl methyl sites for hydroxylation is 1. The lowest BCUT2D eigenvalue weighted by atomic mass is 9.94. The average Bonchev–Trinajstić information content (AvgIpc) is 3.84. The zero-order valence-corrected chi connectivity index (χ0v) is 25.6. The minimum absolute atomic E-state index is 0.00999. The molecule has 0 aliphatic heterocycles. The van der Waals surface area contributed by atoms with Crippen LogP contribution < -0.4 is 16.0 Å². The molecule has 0 saturated heterocycles. The van der Waals surface area contributed by atoms with Crippen LogP contribution in [-0.2, 0) is 17.3 Å². The molecule has 0 atom stereocenters. The smallest absolute Gasteiger partial charge is 0.435 e. The Labute approximate surface area is 263 Å². The molecule has 0 unspecified atom stereocenters. The summed E-state index contributed by atoms with van der Waals surface area (Å²) in [5.41, 5.74) is 0.968. The van der Waals surface area contributed by atoms with Gasteiger partial charge in [-0.05, 0) is 63.3 Å². The number of fused-ring (bicyclic) bond motifs is 1. The third kappa shape index (κ3) is 6.11. The standard InChI is InChI=1S/C33H33N7O6/c1-33(2,20-11-5-4-6-12-20)37-31(43)26-19-25-27(46-26)28(38-40(25)32(44)45-21-13-7-8-14-21)36-29(41)22-15-9-10-16-23(22)35-30(42)24-17-18-34-39(24)3/h4-6,9-12,15-19,21H,7-8,13-14H2,1-3H3,(H,35,42)(H,37,43)(H,36,38,41). The Morgan fingerprint density at radius 1 is 0.913 bits per heavy atom. The van der Waals surface area contributed by atoms with Gasteiger partial charge in [0.1, 0.15) is 17.3 Å². The Balaban J connectivity index is 1.30. The van der Waals surface area contributed by atoms with Crippen LogP contribution in [0.25, 0.3) is 11.1 Å². The molecule has 1 aliphatic rings. The quantitative estimate of drug-likeness (QED) is 0.205. The Morgan fingerprint density at radius 3 is 2.35 bits per heavy atom. The zero-order chi connectivity index (χ0) is 32.4. The fourth-order valence-electron chi connectivity index (χ4n) is 5.46. The highest BCUT2D eigenvalue weighted by atomic mass is 16.6. The number of ether oxygens (including phenoxy) is 1. The summed E-state index contributed by atoms with van der Waals surface area (Å²) in [5, 5.41) is 16.7. The van der Waals surface area contributed by atoms with E-state index in [0.717, 1.165) is 35.9 Å². The maximum Gasteiger partial charge on any atom is 0.435 e. The molecule has 3 heterocycles. The van der Waals surface area contributed by atoms with E-state index >= 15 is 0 Å². The van der Waals surface area contributed by atoms with Crippen LogP contribution in [0.4, 0.5) is 16.3 Å². The van der Waals surface area contributed by atoms with E-state index in [0.29, 0.717) is 5.69 Å². The molecule has 3 amide bonds. The SMILES string of the molecule is Cn1nccc1C(=O)Nc1ccccc1C(=O)Nc1nn(C(=O)OC2CCCC2)c2cc(C(=O)NC(C)(C)c3ccccc3)oc12. The third-order valence-corrected chi connectivity index (χ3v) is 7.95. The molecular formula is C33H33N7O6. The van der Waals surface area contributed by atoms with Gasteiger partial charge in [0.25, 0.3) is 17.7 Å². The molecule has 13 nitrogen and oxygen atoms in total. The number of amides is 3. The first-order valence-corrected chi connectivity index (χ1v) is 14.9. The number of hydrogen-bond donors (Lipinski definition) is 3. The Hall–Kier alpha value is -5.72. The number of aromatic nitrogens is 4. The second-order valence-corrected chi connectivity index (χ2v) is 11.6. The highest BCUT2D eigenvalue weighted by Crippen LogP contribution is 2.30. The molecule has 1 fully saturated rings. The van der Waals surface area contributed by atoms with E-state index in [1.807, 2.05) is 44.2 Å². The number of furan rings is 1. The third-order valence-electron chi connectivity index (χ3n) is 7.95. The summed E-state index contributed by atoms with van der Waals surface area (Å²) >= 11 is 0. The van der Waals surface area contributed by atoms with Crippen molar-refractivity contribution in [3.8, 4) is 0 Å². The topological polar surface area (TPSA) is 162 Å². The van der Waals surface area contributed by atoms with Crippen LogP contribution in [0.15, 0.2) is 77.3 Å². The molecule has 0 spiro atoms. The lowest BCUT2D eigenvalue weighted by Crippen LogP contribution is -2.40. The predicted molar refractivity (Wildman–Crippen MR) is 169 cm³/mol. The molecule has 3 aromatic heterocycles. The molecule has 1 aliphatic carbocycles. The molecule has 2 aromatic carbocycles. The summed E-state index contributed by atoms with van der Waals surface area (Å²) in [7, 11) is 1.63. The van der Waals surface area contributed by atoms with Gasteiger partial charge in [0.05, 0.1) is 16.8 Å². The molecule has 1 saturated carbocycles. The summed E-state index contributed by atoms with van der Waals surface area (Å²) in [6.45, 7) is 3.72. The van der Waals surface area contributed by atoms with Crippen molar-refractivity contribution in [3.63, 3.8) is 0 Å². The van der Waals surface area contributed by atoms with E-state index in [2.05, 4.69) is 26.1 Å². The zero-order valence-electron chi connectivity index (χ0n) is 25.6. The van der Waals surface area contributed by atoms with Crippen molar-refractivity contribution in [2.75, 3.05) is 10.6 Å². The normalized spacial score (nSPS) is 13.5. The number of benzene rings is 2. The van der Waals surface area contributed by atoms with Crippen molar-refractivity contribution in [1.82, 2.24) is 24.9 Å². The van der Waals surface area contributed by atoms with E-state index in [1.54, 1.807) is 31.3 Å². The Bertz CT molecular complexity index is 1930. The van der Waals surface area contributed by atoms with Crippen LogP contribution in [0.2, 0.25) is 0 Å². The monoisotopic (exact) mass is 623 g/mol. The fourth-order valence-corrected chi connectivity index (χ4v) is 5.46. The summed E-state index contributed by atoms with van der Waals surface area (Å²) in [4.78, 5) is 53.1. The van der Waals surface area contributed by atoms with Crippen molar-refractivity contribution >= 4 is 46.4 Å². The van der Waals surface area contributed by atoms with E-state index in [1.165, 1.54) is 23.0 Å². The van der Waals surface area contributed by atoms with Gasteiger partial charge in [-0.25, -0.2) is 4.79 Å². The molecule has 236 valence electrons. The highest BCUT2D eigenvalue weighted by molar-refractivity contribution is 6.14. The number of anilines is 2. The number of nitrogens with zero attached hydrogens (tertiary/aromatic N) is 4. The molecule has 0 radical (unpaired) electrons. The van der Waals surface area contributed by atoms with E-state index in [4.69, 9.17) is 9.15 Å². The fraction of sp³-hybridized carbons (Fsp3) is 0.273. The molecule has 6 rings (SSSR count). The average molecular weight is 624 g/mol. The second-order valence-electron chi connectivity index (χ2n) is 11.6. The van der Waals surface area contributed by atoms with E-state index < -0.39 is 29.4 Å². The summed E-state index contributed by atoms with van der Waals surface area (Å²) in [5.74, 6) is -1.80. The highest BCUT2D eigenvalue weighted by Gasteiger charge is 2.30. The Morgan fingerprint density at radius 2 is 1.63 bits per heavy atom. The first kappa shape index (κ1) is 30.3. The van der Waals surface area contributed by atoms with Gasteiger partial charge in [0.15, 0.2) is 17.2 Å². The summed E-state index contributed by atoms with van der Waals surface area (Å²) < 4.78 is 14.0. The van der Waals surface area contributed by atoms with Crippen LogP contribution in [0.3, 0.4) is 0 Å². The van der Waals surface area contributed by atoms with Gasteiger partial charge in [0.2, 0.25) is 0 Å². The van der Waals surface area contributed by atoms with Crippen molar-refractivity contribution in [3.05, 3.63) is 95.5 Å². The minimum Gasteiger partial charge on any atom is -0.445 e. The van der Waals surface area contributed by atoms with Crippen LogP contribution in [0, 0.1) is 0 Å². The molecule has 0 bridgehead atoms. The second kappa shape index (κ2) is 12.3. The van der Waals surface area contributed by atoms with Gasteiger partial charge >= 0.3 is 6.09 Å². The van der Waals surface area contributed by atoms with Crippen molar-refractivity contribution in [2.45, 2.75) is 51.2 Å². The van der Waals surface area contributed by atoms with Crippen LogP contribution in [-0.4, -0.2) is 49.5 Å². The lowest BCUT2D eigenvalue weighted by molar-refractivity contribution is 0.0884. The predicted octanol–water partition coefficient (Wildman–Crippen LogP) is 5.46. The van der Waals surface area contributed by atoms with Crippen molar-refractivity contribution in [2.24, 2.45) is 7.05 Å². The maximum atomic E-state index is 13.6. The molecular weight excluding hydrogens is 590 g/mol. The van der Waals surface area contributed by atoms with Gasteiger partial charge in [0, 0.05) is 19.3 Å². The van der Waals surface area contributed by atoms with Gasteiger partial charge in [-0.1, -0.05) is 42.5 Å². The summed E-state index contributed by atoms with van der Waals surface area (Å²) in [6, 6.07) is 18.8. The summed E-state index contributed by atoms with van der Waals surface area (Å²) in [6.07, 6.45) is 3.89. The number of hydrogen-bond acceptors (Lipinski definition) is 8. The molecule has 46 heavy (non-hydrogen) atoms. The number of carbonyl (C=O) groups is 4. The van der Waals surface area contributed by atoms with Gasteiger partial charge < -0.3 is 25.1 Å². The first-order chi connectivity index (χ1) is 22.1. The van der Waals surface area contributed by atoms with Gasteiger partial charge in [-0.3, -0.25) is 19.1 Å². The number of carbonyl (C=O) groups excluding carboxylic acids is 4. The number of para-hydroxylation sites is 1. The first-order valence-electron chi connectivity index (χ1n) is 14.9. The molecule has 13 heteroatoms. The maximum absolute atomic E-state index is 13.6. The van der Waals surface area contributed by atoms with Crippen LogP contribution >= 0.6 is 0 Å². The Kier molecular flexibility index (Phi) is 8.14. The lowest BCUT2D eigenvalue weighted by Gasteiger charge is -2.26. The number of rotatable bonds is 8. The minimum atomic E-state index is -0.751. The van der Waals surface area contributed by atoms with Crippen molar-refractivity contribution in [1.29, 1.82) is 0 Å². The van der Waals surface area contributed by atoms with Gasteiger partial charge in [-0.2, -0.15) is 9.78 Å². The van der Waals surface area contributed by atoms with Gasteiger partial charge in [-0.15, -0.1) is 5.10 Å². The molecule has 5 aromatic rings. The van der Waals surface area contributed by atoms with Crippen LogP contribution in [0.1, 0.15) is 76.5 Å². The number of nitrogens with one attached hydrogen (secondary N) is 3. The van der Waals surface area contributed by atoms with Crippen LogP contribution in [0.5, 0.6) is 0 Å². The van der Waals surface area contributed by atoms with E-state index in [9.17, 15) is 19.2 Å². The largest absolute Gasteiger partial charge is 0.445 e. The van der Waals surface area contributed by atoms with Crippen molar-refractivity contribution < 1.29 is 28.3 Å². The molecule has 3 N–H and O–H groups in total.